The van der Waals surface area contributed by atoms with E-state index in [4.69, 9.17) is 5.73 Å². The van der Waals surface area contributed by atoms with Crippen LogP contribution in [0.25, 0.3) is 0 Å². The fourth-order valence-electron chi connectivity index (χ4n) is 2.89. The molecular weight excluding hydrogens is 284 g/mol. The zero-order valence-corrected chi connectivity index (χ0v) is 15.5. The smallest absolute Gasteiger partial charge is 0.191 e. The monoisotopic (exact) mass is 318 g/mol. The van der Waals surface area contributed by atoms with E-state index in [1.807, 2.05) is 0 Å². The zero-order valence-electron chi connectivity index (χ0n) is 15.5. The van der Waals surface area contributed by atoms with Gasteiger partial charge in [0.1, 0.15) is 0 Å². The molecule has 1 unspecified atom stereocenters. The van der Waals surface area contributed by atoms with Crippen molar-refractivity contribution >= 4 is 5.96 Å². The van der Waals surface area contributed by atoms with E-state index in [0.29, 0.717) is 18.5 Å². The highest BCUT2D eigenvalue weighted by Crippen LogP contribution is 2.22. The minimum absolute atomic E-state index is 0.0208. The predicted molar refractivity (Wildman–Crippen MR) is 101 cm³/mol. The van der Waals surface area contributed by atoms with Gasteiger partial charge in [-0.1, -0.05) is 44.2 Å². The maximum atomic E-state index is 6.15. The highest BCUT2D eigenvalue weighted by Gasteiger charge is 2.28. The van der Waals surface area contributed by atoms with Crippen LogP contribution in [0.4, 0.5) is 0 Å². The first kappa shape index (κ1) is 19.5. The van der Waals surface area contributed by atoms with Crippen LogP contribution in [-0.2, 0) is 0 Å². The van der Waals surface area contributed by atoms with Crippen LogP contribution in [0, 0.1) is 0 Å². The summed E-state index contributed by atoms with van der Waals surface area (Å²) in [5.74, 6) is 0.649. The molecule has 1 aromatic rings. The summed E-state index contributed by atoms with van der Waals surface area (Å²) in [5, 5.41) is 3.80. The minimum atomic E-state index is -0.0208. The van der Waals surface area contributed by atoms with Crippen LogP contribution in [0.3, 0.4) is 0 Å². The maximum absolute atomic E-state index is 6.15. The van der Waals surface area contributed by atoms with E-state index in [-0.39, 0.29) is 5.54 Å². The summed E-state index contributed by atoms with van der Waals surface area (Å²) in [6.07, 6.45) is 2.05. The summed E-state index contributed by atoms with van der Waals surface area (Å²) in [7, 11) is 0. The molecule has 0 heterocycles. The third-order valence-electron chi connectivity index (χ3n) is 4.81. The maximum Gasteiger partial charge on any atom is 0.191 e. The van der Waals surface area contributed by atoms with Crippen molar-refractivity contribution in [2.24, 2.45) is 10.7 Å². The van der Waals surface area contributed by atoms with Crippen molar-refractivity contribution in [2.45, 2.75) is 59.0 Å². The summed E-state index contributed by atoms with van der Waals surface area (Å²) < 4.78 is 0. The van der Waals surface area contributed by atoms with Gasteiger partial charge in [-0.05, 0) is 39.2 Å². The largest absolute Gasteiger partial charge is 0.370 e. The Labute approximate surface area is 142 Å². The lowest BCUT2D eigenvalue weighted by Gasteiger charge is -2.35. The topological polar surface area (TPSA) is 53.6 Å². The lowest BCUT2D eigenvalue weighted by atomic mass is 9.91. The standard InChI is InChI=1S/C19H34N4/c1-6-19(7-2,15-21-18(20)23(8-3)9-4)22-16(5)17-13-11-10-12-14-17/h10-14,16,22H,6-9,15H2,1-5H3,(H2,20,21). The molecule has 1 aromatic carbocycles. The summed E-state index contributed by atoms with van der Waals surface area (Å²) in [4.78, 5) is 6.78. The molecule has 0 spiro atoms. The van der Waals surface area contributed by atoms with Gasteiger partial charge in [0.2, 0.25) is 0 Å². The van der Waals surface area contributed by atoms with Crippen molar-refractivity contribution < 1.29 is 0 Å². The third kappa shape index (κ3) is 5.54. The number of aliphatic imine (C=N–C) groups is 1. The van der Waals surface area contributed by atoms with Crippen LogP contribution in [0.1, 0.15) is 59.1 Å². The molecule has 23 heavy (non-hydrogen) atoms. The Kier molecular flexibility index (Phi) is 8.10. The first-order valence-corrected chi connectivity index (χ1v) is 8.89. The molecule has 0 aliphatic heterocycles. The Morgan fingerprint density at radius 2 is 1.70 bits per heavy atom. The first-order chi connectivity index (χ1) is 11.0. The van der Waals surface area contributed by atoms with Gasteiger partial charge >= 0.3 is 0 Å². The fraction of sp³-hybridized carbons (Fsp3) is 0.632. The van der Waals surface area contributed by atoms with E-state index in [1.54, 1.807) is 0 Å². The molecule has 1 rings (SSSR count). The minimum Gasteiger partial charge on any atom is -0.370 e. The van der Waals surface area contributed by atoms with Gasteiger partial charge in [-0.3, -0.25) is 4.99 Å². The molecule has 0 aliphatic carbocycles. The second kappa shape index (κ2) is 9.56. The molecule has 0 radical (unpaired) electrons. The van der Waals surface area contributed by atoms with Crippen LogP contribution in [0.5, 0.6) is 0 Å². The van der Waals surface area contributed by atoms with Gasteiger partial charge in [-0.15, -0.1) is 0 Å². The van der Waals surface area contributed by atoms with Gasteiger partial charge in [0.25, 0.3) is 0 Å². The molecule has 130 valence electrons. The quantitative estimate of drug-likeness (QED) is 0.541. The Morgan fingerprint density at radius 3 is 2.17 bits per heavy atom. The van der Waals surface area contributed by atoms with Crippen molar-refractivity contribution in [3.05, 3.63) is 35.9 Å². The summed E-state index contributed by atoms with van der Waals surface area (Å²) in [6.45, 7) is 13.4. The summed E-state index contributed by atoms with van der Waals surface area (Å²) >= 11 is 0. The van der Waals surface area contributed by atoms with E-state index in [0.717, 1.165) is 25.9 Å². The Hall–Kier alpha value is -1.55. The normalized spacial score (nSPS) is 13.9. The number of rotatable bonds is 9. The predicted octanol–water partition coefficient (Wildman–Crippen LogP) is 3.55. The van der Waals surface area contributed by atoms with Gasteiger partial charge in [0, 0.05) is 24.7 Å². The summed E-state index contributed by atoms with van der Waals surface area (Å²) in [5.41, 5.74) is 7.43. The number of hydrogen-bond donors (Lipinski definition) is 2. The lowest BCUT2D eigenvalue weighted by Crippen LogP contribution is -2.49. The number of nitrogens with two attached hydrogens (primary N) is 1. The van der Waals surface area contributed by atoms with Crippen LogP contribution in [0.2, 0.25) is 0 Å². The second-order valence-corrected chi connectivity index (χ2v) is 6.11. The lowest BCUT2D eigenvalue weighted by molar-refractivity contribution is 0.279. The van der Waals surface area contributed by atoms with Gasteiger partial charge in [0.05, 0.1) is 6.54 Å². The van der Waals surface area contributed by atoms with Crippen molar-refractivity contribution in [3.8, 4) is 0 Å². The number of hydrogen-bond acceptors (Lipinski definition) is 2. The molecular formula is C19H34N4. The van der Waals surface area contributed by atoms with Crippen molar-refractivity contribution in [1.82, 2.24) is 10.2 Å². The van der Waals surface area contributed by atoms with E-state index in [2.05, 4.69) is 80.2 Å². The molecule has 0 saturated carbocycles. The van der Waals surface area contributed by atoms with Crippen molar-refractivity contribution in [1.29, 1.82) is 0 Å². The SMILES string of the molecule is CCN(CC)C(N)=NCC(CC)(CC)NC(C)c1ccccc1. The number of nitrogens with one attached hydrogen (secondary N) is 1. The van der Waals surface area contributed by atoms with Crippen LogP contribution >= 0.6 is 0 Å². The van der Waals surface area contributed by atoms with Crippen molar-refractivity contribution in [2.75, 3.05) is 19.6 Å². The van der Waals surface area contributed by atoms with E-state index >= 15 is 0 Å². The summed E-state index contributed by atoms with van der Waals surface area (Å²) in [6, 6.07) is 10.9. The highest BCUT2D eigenvalue weighted by molar-refractivity contribution is 5.78. The molecule has 0 saturated heterocycles. The molecule has 0 bridgehead atoms. The molecule has 0 aliphatic rings. The number of benzene rings is 1. The molecule has 1 atom stereocenters. The molecule has 4 nitrogen and oxygen atoms in total. The Balaban J connectivity index is 2.84. The second-order valence-electron chi connectivity index (χ2n) is 6.11. The molecule has 0 aromatic heterocycles. The molecule has 0 fully saturated rings. The number of nitrogens with zero attached hydrogens (tertiary/aromatic N) is 2. The van der Waals surface area contributed by atoms with Crippen LogP contribution < -0.4 is 11.1 Å². The fourth-order valence-corrected chi connectivity index (χ4v) is 2.89. The molecule has 0 amide bonds. The van der Waals surface area contributed by atoms with Crippen molar-refractivity contribution in [3.63, 3.8) is 0 Å². The molecule has 4 heteroatoms. The third-order valence-corrected chi connectivity index (χ3v) is 4.81. The van der Waals surface area contributed by atoms with Crippen LogP contribution in [-0.4, -0.2) is 36.0 Å². The van der Waals surface area contributed by atoms with E-state index < -0.39 is 0 Å². The molecule has 3 N–H and O–H groups in total. The van der Waals surface area contributed by atoms with Gasteiger partial charge in [-0.25, -0.2) is 0 Å². The highest BCUT2D eigenvalue weighted by atomic mass is 15.2. The van der Waals surface area contributed by atoms with E-state index in [1.165, 1.54) is 5.56 Å². The first-order valence-electron chi connectivity index (χ1n) is 8.89. The Morgan fingerprint density at radius 1 is 1.13 bits per heavy atom. The van der Waals surface area contributed by atoms with Crippen LogP contribution in [0.15, 0.2) is 35.3 Å². The Bertz CT molecular complexity index is 462. The average molecular weight is 319 g/mol. The zero-order chi connectivity index (χ0) is 17.3. The van der Waals surface area contributed by atoms with Gasteiger partial charge < -0.3 is 16.0 Å². The van der Waals surface area contributed by atoms with Gasteiger partial charge in [-0.2, -0.15) is 0 Å². The van der Waals surface area contributed by atoms with E-state index in [9.17, 15) is 0 Å². The van der Waals surface area contributed by atoms with Gasteiger partial charge in [0.15, 0.2) is 5.96 Å². The number of guanidine groups is 1. The average Bonchev–Trinajstić information content (AvgIpc) is 2.60.